The molecule has 0 amide bonds. The number of nitrogens with zero attached hydrogens (tertiary/aromatic N) is 1. The van der Waals surface area contributed by atoms with Crippen molar-refractivity contribution in [3.05, 3.63) is 35.4 Å². The predicted molar refractivity (Wildman–Crippen MR) is 92.4 cm³/mol. The number of hydrogen-bond acceptors (Lipinski definition) is 3. The van der Waals surface area contributed by atoms with Crippen LogP contribution >= 0.6 is 0 Å². The van der Waals surface area contributed by atoms with Gasteiger partial charge in [0.15, 0.2) is 0 Å². The lowest BCUT2D eigenvalue weighted by Crippen LogP contribution is -2.45. The van der Waals surface area contributed by atoms with Gasteiger partial charge in [-0.25, -0.2) is 0 Å². The quantitative estimate of drug-likeness (QED) is 0.684. The van der Waals surface area contributed by atoms with Crippen molar-refractivity contribution in [1.82, 2.24) is 4.90 Å². The van der Waals surface area contributed by atoms with E-state index in [0.717, 1.165) is 25.3 Å². The second-order valence-electron chi connectivity index (χ2n) is 7.62. The van der Waals surface area contributed by atoms with E-state index in [1.54, 1.807) is 6.07 Å². The molecule has 3 rings (SSSR count). The van der Waals surface area contributed by atoms with Crippen LogP contribution in [0.4, 0.5) is 13.2 Å². The second kappa shape index (κ2) is 7.59. The summed E-state index contributed by atoms with van der Waals surface area (Å²) in [5.41, 5.74) is -0.353. The van der Waals surface area contributed by atoms with E-state index in [4.69, 9.17) is 4.74 Å². The van der Waals surface area contributed by atoms with Crippen LogP contribution in [0.5, 0.6) is 0 Å². The largest absolute Gasteiger partial charge is 0.466 e. The first-order valence-corrected chi connectivity index (χ1v) is 9.38. The second-order valence-corrected chi connectivity index (χ2v) is 7.62. The zero-order valence-electron chi connectivity index (χ0n) is 15.1. The monoisotopic (exact) mass is 369 g/mol. The summed E-state index contributed by atoms with van der Waals surface area (Å²) in [5, 5.41) is 0. The lowest BCUT2D eigenvalue weighted by atomic mass is 9.74. The molecule has 0 bridgehead atoms. The number of benzene rings is 1. The van der Waals surface area contributed by atoms with Crippen molar-refractivity contribution >= 4 is 5.97 Å². The third kappa shape index (κ3) is 4.58. The Morgan fingerprint density at radius 2 is 1.96 bits per heavy atom. The summed E-state index contributed by atoms with van der Waals surface area (Å²) >= 11 is 0. The number of esters is 1. The van der Waals surface area contributed by atoms with Crippen LogP contribution in [0.3, 0.4) is 0 Å². The van der Waals surface area contributed by atoms with Crippen molar-refractivity contribution in [3.63, 3.8) is 0 Å². The Hall–Kier alpha value is -1.56. The van der Waals surface area contributed by atoms with Crippen LogP contribution in [0.2, 0.25) is 0 Å². The Kier molecular flexibility index (Phi) is 5.61. The summed E-state index contributed by atoms with van der Waals surface area (Å²) in [4.78, 5) is 14.7. The summed E-state index contributed by atoms with van der Waals surface area (Å²) in [6, 6.07) is 5.50. The Labute approximate surface area is 152 Å². The average Bonchev–Trinajstić information content (AvgIpc) is 3.40. The van der Waals surface area contributed by atoms with Crippen molar-refractivity contribution in [2.45, 2.75) is 51.7 Å². The van der Waals surface area contributed by atoms with E-state index in [1.807, 2.05) is 6.92 Å². The van der Waals surface area contributed by atoms with Gasteiger partial charge >= 0.3 is 12.1 Å². The fourth-order valence-electron chi connectivity index (χ4n) is 3.89. The van der Waals surface area contributed by atoms with Crippen LogP contribution in [0, 0.1) is 11.3 Å². The number of halogens is 3. The maximum absolute atomic E-state index is 12.9. The molecule has 2 aliphatic rings. The molecule has 0 unspecified atom stereocenters. The van der Waals surface area contributed by atoms with Gasteiger partial charge in [0.1, 0.15) is 0 Å². The normalized spacial score (nSPS) is 20.8. The van der Waals surface area contributed by atoms with Gasteiger partial charge in [-0.3, -0.25) is 9.69 Å². The van der Waals surface area contributed by atoms with Gasteiger partial charge in [0, 0.05) is 6.54 Å². The Morgan fingerprint density at radius 1 is 1.27 bits per heavy atom. The maximum Gasteiger partial charge on any atom is 0.416 e. The number of carbonyl (C=O) groups excluding carboxylic acids is 1. The highest BCUT2D eigenvalue weighted by Gasteiger charge is 2.46. The topological polar surface area (TPSA) is 29.5 Å². The average molecular weight is 369 g/mol. The molecular formula is C20H26F3NO2. The number of hydrogen-bond donors (Lipinski definition) is 0. The Bertz CT molecular complexity index is 632. The molecule has 2 fully saturated rings. The molecule has 1 aromatic carbocycles. The third-order valence-corrected chi connectivity index (χ3v) is 5.56. The van der Waals surface area contributed by atoms with E-state index in [2.05, 4.69) is 4.90 Å². The van der Waals surface area contributed by atoms with Crippen molar-refractivity contribution in [2.24, 2.45) is 11.3 Å². The lowest BCUT2D eigenvalue weighted by Gasteiger charge is -2.40. The first-order chi connectivity index (χ1) is 12.3. The van der Waals surface area contributed by atoms with Gasteiger partial charge in [-0.1, -0.05) is 31.0 Å². The minimum atomic E-state index is -4.32. The molecule has 1 saturated heterocycles. The minimum Gasteiger partial charge on any atom is -0.466 e. The highest BCUT2D eigenvalue weighted by molar-refractivity contribution is 5.77. The SMILES string of the molecule is CCOC(=O)C1(CC2CC2)CCN(Cc2cccc(C(F)(F)F)c2)CC1. The van der Waals surface area contributed by atoms with E-state index in [-0.39, 0.29) is 5.97 Å². The van der Waals surface area contributed by atoms with E-state index >= 15 is 0 Å². The van der Waals surface area contributed by atoms with Crippen molar-refractivity contribution in [1.29, 1.82) is 0 Å². The molecule has 1 aliphatic heterocycles. The van der Waals surface area contributed by atoms with Crippen LogP contribution in [0.15, 0.2) is 24.3 Å². The first kappa shape index (κ1) is 19.2. The van der Waals surface area contributed by atoms with E-state index < -0.39 is 17.2 Å². The fourth-order valence-corrected chi connectivity index (χ4v) is 3.89. The molecule has 1 saturated carbocycles. The van der Waals surface area contributed by atoms with Gasteiger partial charge in [-0.15, -0.1) is 0 Å². The van der Waals surface area contributed by atoms with E-state index in [9.17, 15) is 18.0 Å². The number of carbonyl (C=O) groups is 1. The Balaban J connectivity index is 1.62. The van der Waals surface area contributed by atoms with Crippen LogP contribution < -0.4 is 0 Å². The number of alkyl halides is 3. The molecule has 144 valence electrons. The summed E-state index contributed by atoms with van der Waals surface area (Å²) in [5.74, 6) is 0.542. The summed E-state index contributed by atoms with van der Waals surface area (Å²) in [6.07, 6.45) is 0.400. The summed E-state index contributed by atoms with van der Waals surface area (Å²) < 4.78 is 44.0. The number of likely N-dealkylation sites (tertiary alicyclic amines) is 1. The van der Waals surface area contributed by atoms with Gasteiger partial charge in [0.2, 0.25) is 0 Å². The maximum atomic E-state index is 12.9. The molecule has 1 aliphatic carbocycles. The van der Waals surface area contributed by atoms with Crippen molar-refractivity contribution in [2.75, 3.05) is 19.7 Å². The van der Waals surface area contributed by atoms with Gasteiger partial charge in [-0.2, -0.15) is 13.2 Å². The van der Waals surface area contributed by atoms with Gasteiger partial charge in [0.25, 0.3) is 0 Å². The van der Waals surface area contributed by atoms with E-state index in [1.165, 1.54) is 25.0 Å². The number of rotatable bonds is 6. The summed E-state index contributed by atoms with van der Waals surface area (Å²) in [6.45, 7) is 4.11. The molecule has 0 atom stereocenters. The lowest BCUT2D eigenvalue weighted by molar-refractivity contribution is -0.159. The zero-order chi connectivity index (χ0) is 18.8. The summed E-state index contributed by atoms with van der Waals surface area (Å²) in [7, 11) is 0. The number of piperidine rings is 1. The highest BCUT2D eigenvalue weighted by Crippen LogP contribution is 2.46. The molecule has 0 radical (unpaired) electrons. The highest BCUT2D eigenvalue weighted by atomic mass is 19.4. The van der Waals surface area contributed by atoms with Crippen LogP contribution in [-0.4, -0.2) is 30.6 Å². The Morgan fingerprint density at radius 3 is 2.54 bits per heavy atom. The van der Waals surface area contributed by atoms with Crippen molar-refractivity contribution in [3.8, 4) is 0 Å². The van der Waals surface area contributed by atoms with Crippen LogP contribution in [-0.2, 0) is 22.3 Å². The van der Waals surface area contributed by atoms with Gasteiger partial charge in [-0.05, 0) is 56.8 Å². The molecule has 6 heteroatoms. The molecule has 3 nitrogen and oxygen atoms in total. The van der Waals surface area contributed by atoms with Gasteiger partial charge in [0.05, 0.1) is 17.6 Å². The predicted octanol–water partition coefficient (Wildman–Crippen LogP) is 4.65. The van der Waals surface area contributed by atoms with Gasteiger partial charge < -0.3 is 4.74 Å². The molecule has 0 aromatic heterocycles. The fraction of sp³-hybridized carbons (Fsp3) is 0.650. The molecule has 26 heavy (non-hydrogen) atoms. The molecule has 0 spiro atoms. The standard InChI is InChI=1S/C20H26F3NO2/c1-2-26-18(25)19(13-15-6-7-15)8-10-24(11-9-19)14-16-4-3-5-17(12-16)20(21,22)23/h3-5,12,15H,2,6-11,13-14H2,1H3. The van der Waals surface area contributed by atoms with E-state index in [0.29, 0.717) is 37.7 Å². The first-order valence-electron chi connectivity index (χ1n) is 9.38. The number of ether oxygens (including phenoxy) is 1. The smallest absolute Gasteiger partial charge is 0.416 e. The van der Waals surface area contributed by atoms with Crippen molar-refractivity contribution < 1.29 is 22.7 Å². The molecule has 1 aromatic rings. The molecular weight excluding hydrogens is 343 g/mol. The minimum absolute atomic E-state index is 0.0920. The third-order valence-electron chi connectivity index (χ3n) is 5.56. The van der Waals surface area contributed by atoms with Crippen LogP contribution in [0.25, 0.3) is 0 Å². The van der Waals surface area contributed by atoms with Crippen LogP contribution in [0.1, 0.15) is 50.2 Å². The molecule has 1 heterocycles. The molecule has 0 N–H and O–H groups in total. The zero-order valence-corrected chi connectivity index (χ0v) is 15.1.